The van der Waals surface area contributed by atoms with Crippen LogP contribution in [-0.4, -0.2) is 10.9 Å². The fraction of sp³-hybridized carbons (Fsp3) is 0.250. The Morgan fingerprint density at radius 1 is 1.13 bits per heavy atom. The van der Waals surface area contributed by atoms with E-state index in [1.165, 1.54) is 5.56 Å². The Labute approximate surface area is 136 Å². The summed E-state index contributed by atoms with van der Waals surface area (Å²) in [6.45, 7) is 8.25. The van der Waals surface area contributed by atoms with Crippen LogP contribution in [0.5, 0.6) is 0 Å². The van der Waals surface area contributed by atoms with Gasteiger partial charge in [-0.1, -0.05) is 25.1 Å². The van der Waals surface area contributed by atoms with E-state index in [1.54, 1.807) is 0 Å². The van der Waals surface area contributed by atoms with Crippen molar-refractivity contribution in [1.29, 1.82) is 0 Å². The molecule has 0 spiro atoms. The van der Waals surface area contributed by atoms with E-state index in [4.69, 9.17) is 0 Å². The molecular weight excluding hydrogens is 284 g/mol. The number of anilines is 1. The molecule has 23 heavy (non-hydrogen) atoms. The molecule has 3 heteroatoms. The van der Waals surface area contributed by atoms with Crippen LogP contribution >= 0.6 is 0 Å². The first-order valence-electron chi connectivity index (χ1n) is 8.00. The van der Waals surface area contributed by atoms with E-state index in [0.717, 1.165) is 39.8 Å². The molecule has 2 N–H and O–H groups in total. The summed E-state index contributed by atoms with van der Waals surface area (Å²) in [6, 6.07) is 11.9. The van der Waals surface area contributed by atoms with Gasteiger partial charge in [-0.2, -0.15) is 0 Å². The van der Waals surface area contributed by atoms with Gasteiger partial charge in [0.15, 0.2) is 0 Å². The number of hydrogen-bond donors (Lipinski definition) is 2. The number of amides is 1. The summed E-state index contributed by atoms with van der Waals surface area (Å²) >= 11 is 0. The van der Waals surface area contributed by atoms with E-state index < -0.39 is 0 Å². The molecule has 0 unspecified atom stereocenters. The highest BCUT2D eigenvalue weighted by Crippen LogP contribution is 2.25. The van der Waals surface area contributed by atoms with Gasteiger partial charge in [0.2, 0.25) is 0 Å². The first-order valence-corrected chi connectivity index (χ1v) is 8.00. The van der Waals surface area contributed by atoms with Crippen molar-refractivity contribution in [3.63, 3.8) is 0 Å². The Bertz CT molecular complexity index is 890. The van der Waals surface area contributed by atoms with Crippen molar-refractivity contribution >= 4 is 22.5 Å². The second-order valence-corrected chi connectivity index (χ2v) is 6.05. The van der Waals surface area contributed by atoms with Gasteiger partial charge in [0.25, 0.3) is 5.91 Å². The Morgan fingerprint density at radius 3 is 2.65 bits per heavy atom. The molecule has 0 saturated carbocycles. The summed E-state index contributed by atoms with van der Waals surface area (Å²) in [7, 11) is 0. The molecular formula is C20H22N2O. The fourth-order valence-electron chi connectivity index (χ4n) is 2.99. The van der Waals surface area contributed by atoms with Crippen LogP contribution in [0.1, 0.15) is 39.7 Å². The van der Waals surface area contributed by atoms with Crippen molar-refractivity contribution in [3.8, 4) is 0 Å². The summed E-state index contributed by atoms with van der Waals surface area (Å²) < 4.78 is 0. The van der Waals surface area contributed by atoms with E-state index in [-0.39, 0.29) is 5.91 Å². The maximum Gasteiger partial charge on any atom is 0.255 e. The number of aromatic amines is 1. The van der Waals surface area contributed by atoms with Crippen molar-refractivity contribution in [2.24, 2.45) is 0 Å². The lowest BCUT2D eigenvalue weighted by molar-refractivity contribution is 0.102. The van der Waals surface area contributed by atoms with Crippen LogP contribution in [0, 0.1) is 20.8 Å². The minimum absolute atomic E-state index is 0.0610. The summed E-state index contributed by atoms with van der Waals surface area (Å²) in [5, 5.41) is 4.19. The molecule has 0 aliphatic carbocycles. The molecule has 0 aliphatic rings. The smallest absolute Gasteiger partial charge is 0.255 e. The average molecular weight is 306 g/mol. The minimum atomic E-state index is -0.0610. The number of rotatable bonds is 3. The molecule has 0 saturated heterocycles. The van der Waals surface area contributed by atoms with Crippen LogP contribution in [0.15, 0.2) is 36.4 Å². The lowest BCUT2D eigenvalue weighted by atomic mass is 10.0. The van der Waals surface area contributed by atoms with Gasteiger partial charge in [-0.3, -0.25) is 4.79 Å². The lowest BCUT2D eigenvalue weighted by Crippen LogP contribution is -2.14. The minimum Gasteiger partial charge on any atom is -0.358 e. The van der Waals surface area contributed by atoms with E-state index in [2.05, 4.69) is 37.1 Å². The molecule has 0 atom stereocenters. The van der Waals surface area contributed by atoms with Gasteiger partial charge in [-0.05, 0) is 62.1 Å². The first-order chi connectivity index (χ1) is 11.0. The number of aromatic nitrogens is 1. The Hall–Kier alpha value is -2.55. The molecule has 3 aromatic rings. The topological polar surface area (TPSA) is 44.9 Å². The van der Waals surface area contributed by atoms with Crippen molar-refractivity contribution < 1.29 is 4.79 Å². The summed E-state index contributed by atoms with van der Waals surface area (Å²) in [4.78, 5) is 16.0. The normalized spacial score (nSPS) is 11.0. The van der Waals surface area contributed by atoms with Gasteiger partial charge < -0.3 is 10.3 Å². The molecule has 118 valence electrons. The highest BCUT2D eigenvalue weighted by atomic mass is 16.1. The number of nitrogens with one attached hydrogen (secondary N) is 2. The Morgan fingerprint density at radius 2 is 1.91 bits per heavy atom. The fourth-order valence-corrected chi connectivity index (χ4v) is 2.99. The monoisotopic (exact) mass is 306 g/mol. The van der Waals surface area contributed by atoms with E-state index in [1.807, 2.05) is 37.3 Å². The molecule has 1 heterocycles. The molecule has 1 aromatic heterocycles. The molecule has 3 rings (SSSR count). The summed E-state index contributed by atoms with van der Waals surface area (Å²) in [5.74, 6) is -0.0610. The van der Waals surface area contributed by atoms with Crippen LogP contribution in [0.4, 0.5) is 5.69 Å². The van der Waals surface area contributed by atoms with Crippen molar-refractivity contribution in [3.05, 3.63) is 64.3 Å². The second kappa shape index (κ2) is 5.92. The van der Waals surface area contributed by atoms with Gasteiger partial charge in [-0.15, -0.1) is 0 Å². The number of fused-ring (bicyclic) bond motifs is 1. The molecule has 3 nitrogen and oxygen atoms in total. The SMILES string of the molecule is CCc1cccc(C)c1NC(=O)c1ccc2[nH]c(C)c(C)c2c1. The zero-order valence-electron chi connectivity index (χ0n) is 14.1. The predicted molar refractivity (Wildman–Crippen MR) is 96.3 cm³/mol. The van der Waals surface area contributed by atoms with Crippen molar-refractivity contribution in [1.82, 2.24) is 4.98 Å². The number of carbonyl (C=O) groups excluding carboxylic acids is 1. The zero-order chi connectivity index (χ0) is 16.6. The summed E-state index contributed by atoms with van der Waals surface area (Å²) in [5.41, 5.74) is 7.28. The summed E-state index contributed by atoms with van der Waals surface area (Å²) in [6.07, 6.45) is 0.895. The van der Waals surface area contributed by atoms with E-state index in [0.29, 0.717) is 5.56 Å². The number of aryl methyl sites for hydroxylation is 4. The van der Waals surface area contributed by atoms with Crippen LogP contribution < -0.4 is 5.32 Å². The maximum atomic E-state index is 12.7. The molecule has 0 fully saturated rings. The standard InChI is InChI=1S/C20H22N2O/c1-5-15-8-6-7-12(2)19(15)22-20(23)16-9-10-18-17(11-16)13(3)14(4)21-18/h6-11,21H,5H2,1-4H3,(H,22,23). The molecule has 0 bridgehead atoms. The largest absolute Gasteiger partial charge is 0.358 e. The number of benzene rings is 2. The highest BCUT2D eigenvalue weighted by molar-refractivity contribution is 6.07. The molecule has 2 aromatic carbocycles. The van der Waals surface area contributed by atoms with E-state index in [9.17, 15) is 4.79 Å². The first kappa shape index (κ1) is 15.3. The van der Waals surface area contributed by atoms with Crippen LogP contribution in [0.3, 0.4) is 0 Å². The quantitative estimate of drug-likeness (QED) is 0.709. The van der Waals surface area contributed by atoms with Gasteiger partial charge in [0.05, 0.1) is 0 Å². The third-order valence-electron chi connectivity index (χ3n) is 4.55. The van der Waals surface area contributed by atoms with Crippen LogP contribution in [0.2, 0.25) is 0 Å². The maximum absolute atomic E-state index is 12.7. The van der Waals surface area contributed by atoms with Crippen LogP contribution in [-0.2, 0) is 6.42 Å². The lowest BCUT2D eigenvalue weighted by Gasteiger charge is -2.13. The molecule has 0 radical (unpaired) electrons. The van der Waals surface area contributed by atoms with Gasteiger partial charge in [-0.25, -0.2) is 0 Å². The number of carbonyl (C=O) groups is 1. The third kappa shape index (κ3) is 2.74. The van der Waals surface area contributed by atoms with Gasteiger partial charge in [0, 0.05) is 27.8 Å². The van der Waals surface area contributed by atoms with E-state index >= 15 is 0 Å². The van der Waals surface area contributed by atoms with Crippen molar-refractivity contribution in [2.75, 3.05) is 5.32 Å². The number of H-pyrrole nitrogens is 1. The zero-order valence-corrected chi connectivity index (χ0v) is 14.1. The number of hydrogen-bond acceptors (Lipinski definition) is 1. The second-order valence-electron chi connectivity index (χ2n) is 6.05. The van der Waals surface area contributed by atoms with Crippen molar-refractivity contribution in [2.45, 2.75) is 34.1 Å². The third-order valence-corrected chi connectivity index (χ3v) is 4.55. The van der Waals surface area contributed by atoms with Crippen LogP contribution in [0.25, 0.3) is 10.9 Å². The molecule has 1 amide bonds. The molecule has 0 aliphatic heterocycles. The van der Waals surface area contributed by atoms with Gasteiger partial charge in [0.1, 0.15) is 0 Å². The average Bonchev–Trinajstić information content (AvgIpc) is 2.83. The number of para-hydroxylation sites is 1. The Kier molecular flexibility index (Phi) is 3.95. The van der Waals surface area contributed by atoms with Gasteiger partial charge >= 0.3 is 0 Å². The predicted octanol–water partition coefficient (Wildman–Crippen LogP) is 4.91. The Balaban J connectivity index is 1.97. The highest BCUT2D eigenvalue weighted by Gasteiger charge is 2.12.